The fourth-order valence-electron chi connectivity index (χ4n) is 3.54. The second-order valence-corrected chi connectivity index (χ2v) is 7.89. The molecular formula is C20H18Cl2N4O4. The number of aromatic nitrogens is 1. The first-order valence-electron chi connectivity index (χ1n) is 9.26. The number of carbonyl (C=O) groups is 2. The summed E-state index contributed by atoms with van der Waals surface area (Å²) < 4.78 is 4.97. The second-order valence-electron chi connectivity index (χ2n) is 7.07. The minimum Gasteiger partial charge on any atom is -0.408 e. The first-order valence-corrected chi connectivity index (χ1v) is 10.0. The van der Waals surface area contributed by atoms with Crippen LogP contribution < -0.4 is 16.0 Å². The predicted molar refractivity (Wildman–Crippen MR) is 115 cm³/mol. The number of halogens is 2. The average molecular weight is 449 g/mol. The molecule has 1 atom stereocenters. The number of fused-ring (bicyclic) bond motifs is 1. The summed E-state index contributed by atoms with van der Waals surface area (Å²) in [7, 11) is 0. The van der Waals surface area contributed by atoms with Gasteiger partial charge in [-0.25, -0.2) is 4.79 Å². The van der Waals surface area contributed by atoms with Crippen LogP contribution in [0, 0.1) is 0 Å². The zero-order chi connectivity index (χ0) is 21.4. The lowest BCUT2D eigenvalue weighted by atomic mass is 10.1. The van der Waals surface area contributed by atoms with E-state index in [9.17, 15) is 14.4 Å². The maximum absolute atomic E-state index is 12.6. The van der Waals surface area contributed by atoms with Crippen LogP contribution in [0.2, 0.25) is 10.0 Å². The fraction of sp³-hybridized carbons (Fsp3) is 0.250. The summed E-state index contributed by atoms with van der Waals surface area (Å²) in [6.45, 7) is 3.31. The molecule has 4 rings (SSSR count). The molecule has 1 aliphatic rings. The third-order valence-electron chi connectivity index (χ3n) is 5.02. The van der Waals surface area contributed by atoms with Gasteiger partial charge in [-0.05, 0) is 37.3 Å². The Hall–Kier alpha value is -2.97. The van der Waals surface area contributed by atoms with Gasteiger partial charge in [-0.2, -0.15) is 0 Å². The Labute approximate surface area is 181 Å². The van der Waals surface area contributed by atoms with Crippen molar-refractivity contribution in [3.8, 4) is 0 Å². The van der Waals surface area contributed by atoms with Crippen LogP contribution in [0.1, 0.15) is 6.92 Å². The Morgan fingerprint density at radius 1 is 1.13 bits per heavy atom. The van der Waals surface area contributed by atoms with E-state index >= 15 is 0 Å². The Balaban J connectivity index is 1.41. The fourth-order valence-corrected chi connectivity index (χ4v) is 3.83. The number of nitrogens with one attached hydrogen (secondary N) is 2. The summed E-state index contributed by atoms with van der Waals surface area (Å²) in [6.07, 6.45) is 0. The van der Waals surface area contributed by atoms with E-state index in [1.807, 2.05) is 13.0 Å². The number of nitrogens with zero attached hydrogens (tertiary/aromatic N) is 2. The molecule has 0 aliphatic carbocycles. The third kappa shape index (κ3) is 4.01. The molecule has 2 heterocycles. The molecule has 8 nitrogen and oxygen atoms in total. The van der Waals surface area contributed by atoms with Gasteiger partial charge < -0.3 is 19.5 Å². The van der Waals surface area contributed by atoms with Crippen LogP contribution in [-0.4, -0.2) is 47.4 Å². The molecule has 3 aromatic rings. The molecule has 1 aliphatic heterocycles. The van der Waals surface area contributed by atoms with Crippen LogP contribution in [0.15, 0.2) is 45.6 Å². The van der Waals surface area contributed by atoms with Crippen LogP contribution >= 0.6 is 23.2 Å². The van der Waals surface area contributed by atoms with Crippen molar-refractivity contribution in [1.82, 2.24) is 9.88 Å². The Morgan fingerprint density at radius 3 is 2.67 bits per heavy atom. The second kappa shape index (κ2) is 8.04. The molecule has 2 N–H and O–H groups in total. The average Bonchev–Trinajstić information content (AvgIpc) is 3.08. The van der Waals surface area contributed by atoms with E-state index in [0.29, 0.717) is 46.5 Å². The van der Waals surface area contributed by atoms with Gasteiger partial charge >= 0.3 is 17.6 Å². The number of aromatic amines is 1. The zero-order valence-electron chi connectivity index (χ0n) is 15.9. The third-order valence-corrected chi connectivity index (χ3v) is 5.76. The number of anilines is 2. The highest BCUT2D eigenvalue weighted by Gasteiger charge is 2.30. The van der Waals surface area contributed by atoms with Gasteiger partial charge in [-0.3, -0.25) is 14.6 Å². The lowest BCUT2D eigenvalue weighted by Gasteiger charge is -2.41. The van der Waals surface area contributed by atoms with Crippen LogP contribution in [-0.2, 0) is 9.59 Å². The maximum atomic E-state index is 12.6. The van der Waals surface area contributed by atoms with Gasteiger partial charge in [0.05, 0.1) is 15.6 Å². The molecule has 0 saturated carbocycles. The van der Waals surface area contributed by atoms with E-state index in [2.05, 4.69) is 15.2 Å². The number of H-pyrrole nitrogens is 1. The van der Waals surface area contributed by atoms with Gasteiger partial charge in [-0.15, -0.1) is 0 Å². The van der Waals surface area contributed by atoms with Crippen LogP contribution in [0.25, 0.3) is 11.1 Å². The summed E-state index contributed by atoms with van der Waals surface area (Å²) in [5.41, 5.74) is 2.09. The highest BCUT2D eigenvalue weighted by atomic mass is 35.5. The van der Waals surface area contributed by atoms with Crippen LogP contribution in [0.3, 0.4) is 0 Å². The van der Waals surface area contributed by atoms with Crippen molar-refractivity contribution in [3.05, 3.63) is 57.0 Å². The molecule has 10 heteroatoms. The first-order chi connectivity index (χ1) is 14.3. The topological polar surface area (TPSA) is 98.7 Å². The number of oxazole rings is 1. The van der Waals surface area contributed by atoms with Gasteiger partial charge in [0.15, 0.2) is 5.58 Å². The number of hydrogen-bond acceptors (Lipinski definition) is 5. The molecule has 2 amide bonds. The molecule has 0 unspecified atom stereocenters. The van der Waals surface area contributed by atoms with Gasteiger partial charge in [-0.1, -0.05) is 23.2 Å². The molecule has 156 valence electrons. The Bertz CT molecular complexity index is 1190. The highest BCUT2D eigenvalue weighted by Crippen LogP contribution is 2.29. The highest BCUT2D eigenvalue weighted by molar-refractivity contribution is 6.42. The lowest BCUT2D eigenvalue weighted by molar-refractivity contribution is -0.143. The van der Waals surface area contributed by atoms with Crippen molar-refractivity contribution in [2.75, 3.05) is 29.9 Å². The zero-order valence-corrected chi connectivity index (χ0v) is 17.5. The predicted octanol–water partition coefficient (Wildman–Crippen LogP) is 3.10. The van der Waals surface area contributed by atoms with Crippen molar-refractivity contribution >= 4 is 57.5 Å². The number of amides is 2. The molecular weight excluding hydrogens is 431 g/mol. The lowest BCUT2D eigenvalue weighted by Crippen LogP contribution is -2.55. The molecule has 2 aromatic carbocycles. The van der Waals surface area contributed by atoms with Crippen LogP contribution in [0.5, 0.6) is 0 Å². The SMILES string of the molecule is C[C@H]1CN(C(=O)C(=O)Nc2ccc3[nH]c(=O)oc3c2)CCN1c1ccc(Cl)c(Cl)c1. The largest absolute Gasteiger partial charge is 0.417 e. The van der Waals surface area contributed by atoms with E-state index in [0.717, 1.165) is 5.69 Å². The number of rotatable bonds is 2. The van der Waals surface area contributed by atoms with Crippen molar-refractivity contribution < 1.29 is 14.0 Å². The molecule has 0 bridgehead atoms. The minimum atomic E-state index is -0.748. The van der Waals surface area contributed by atoms with Gasteiger partial charge in [0, 0.05) is 43.1 Å². The van der Waals surface area contributed by atoms with Gasteiger partial charge in [0.25, 0.3) is 0 Å². The Morgan fingerprint density at radius 2 is 1.93 bits per heavy atom. The first kappa shape index (κ1) is 20.3. The van der Waals surface area contributed by atoms with Crippen LogP contribution in [0.4, 0.5) is 11.4 Å². The molecule has 0 spiro atoms. The smallest absolute Gasteiger partial charge is 0.408 e. The molecule has 0 radical (unpaired) electrons. The molecule has 30 heavy (non-hydrogen) atoms. The number of carbonyl (C=O) groups excluding carboxylic acids is 2. The summed E-state index contributed by atoms with van der Waals surface area (Å²) in [5.74, 6) is -1.95. The van der Waals surface area contributed by atoms with E-state index in [4.69, 9.17) is 27.6 Å². The number of hydrogen-bond donors (Lipinski definition) is 2. The number of benzene rings is 2. The van der Waals surface area contributed by atoms with Gasteiger partial charge in [0.1, 0.15) is 0 Å². The monoisotopic (exact) mass is 448 g/mol. The van der Waals surface area contributed by atoms with Crippen molar-refractivity contribution in [2.45, 2.75) is 13.0 Å². The molecule has 1 saturated heterocycles. The van der Waals surface area contributed by atoms with E-state index in [1.165, 1.54) is 11.0 Å². The standard InChI is InChI=1S/C20H18Cl2N4O4/c1-11-10-25(6-7-26(11)13-3-4-14(21)15(22)9-13)19(28)18(27)23-12-2-5-16-17(8-12)30-20(29)24-16/h2-5,8-9,11H,6-7,10H2,1H3,(H,23,27)(H,24,29)/t11-/m0/s1. The van der Waals surface area contributed by atoms with E-state index < -0.39 is 17.6 Å². The summed E-state index contributed by atoms with van der Waals surface area (Å²) in [4.78, 5) is 42.5. The quantitative estimate of drug-likeness (QED) is 0.586. The van der Waals surface area contributed by atoms with Gasteiger partial charge in [0.2, 0.25) is 0 Å². The summed E-state index contributed by atoms with van der Waals surface area (Å²) >= 11 is 12.1. The number of piperazine rings is 1. The van der Waals surface area contributed by atoms with E-state index in [-0.39, 0.29) is 6.04 Å². The molecule has 1 fully saturated rings. The minimum absolute atomic E-state index is 0.0155. The normalized spacial score (nSPS) is 16.7. The van der Waals surface area contributed by atoms with Crippen molar-refractivity contribution in [1.29, 1.82) is 0 Å². The Kier molecular flexibility index (Phi) is 5.44. The van der Waals surface area contributed by atoms with Crippen molar-refractivity contribution in [3.63, 3.8) is 0 Å². The maximum Gasteiger partial charge on any atom is 0.417 e. The van der Waals surface area contributed by atoms with Crippen molar-refractivity contribution in [2.24, 2.45) is 0 Å². The summed E-state index contributed by atoms with van der Waals surface area (Å²) in [5, 5.41) is 3.51. The van der Waals surface area contributed by atoms with E-state index in [1.54, 1.807) is 24.3 Å². The molecule has 1 aromatic heterocycles. The summed E-state index contributed by atoms with van der Waals surface area (Å²) in [6, 6.07) is 10.1.